The number of carbonyl (C=O) groups excluding carboxylic acids is 2. The molecule has 0 amide bonds. The fourth-order valence-electron chi connectivity index (χ4n) is 4.79. The van der Waals surface area contributed by atoms with Crippen molar-refractivity contribution in [3.8, 4) is 11.5 Å². The molecule has 0 saturated heterocycles. The van der Waals surface area contributed by atoms with E-state index in [2.05, 4.69) is 26.3 Å². The number of para-hydroxylation sites is 1. The van der Waals surface area contributed by atoms with Gasteiger partial charge in [-0.3, -0.25) is 4.79 Å². The highest BCUT2D eigenvalue weighted by atomic mass is 19.4. The Hall–Kier alpha value is -4.74. The number of hydrogen-bond acceptors (Lipinski definition) is 9. The lowest BCUT2D eigenvalue weighted by atomic mass is 9.92. The maximum Gasteiger partial charge on any atom is 0.491 e. The number of nitrogens with one attached hydrogen (secondary N) is 1. The number of ether oxygens (including phenoxy) is 2. The number of pyridine rings is 1. The zero-order valence-corrected chi connectivity index (χ0v) is 23.1. The molecule has 1 aliphatic rings. The standard InChI is InChI=1S/C31H29F3N4O5/c32-31(33,34)30(40)42-28(39)19-22(21-7-4-12-25(17-21)41-24-10-2-1-3-11-24)18-27-37-26(38-43-27)13-5-9-23-15-14-20-8-6-16-35-29(20)36-23/h1-4,7,10-12,14-15,17,22H,5-6,8-9,13,16,18-19H2,(H,35,36). The minimum atomic E-state index is -5.29. The monoisotopic (exact) mass is 594 g/mol. The number of esters is 2. The molecular weight excluding hydrogens is 565 g/mol. The maximum atomic E-state index is 12.7. The molecule has 224 valence electrons. The van der Waals surface area contributed by atoms with Crippen molar-refractivity contribution >= 4 is 17.8 Å². The SMILES string of the molecule is O=C(CC(Cc1nc(CCCc2ccc3c(n2)NCCC3)no1)c1cccc(Oc2ccccc2)c1)OC(=O)C(F)(F)F. The summed E-state index contributed by atoms with van der Waals surface area (Å²) < 4.78 is 53.4. The van der Waals surface area contributed by atoms with Crippen LogP contribution in [0.4, 0.5) is 19.0 Å². The van der Waals surface area contributed by atoms with E-state index in [9.17, 15) is 22.8 Å². The number of nitrogens with zero attached hydrogens (tertiary/aromatic N) is 3. The van der Waals surface area contributed by atoms with Crippen molar-refractivity contribution in [2.24, 2.45) is 0 Å². The third-order valence-corrected chi connectivity index (χ3v) is 6.88. The van der Waals surface area contributed by atoms with Crippen LogP contribution >= 0.6 is 0 Å². The summed E-state index contributed by atoms with van der Waals surface area (Å²) in [6, 6.07) is 19.9. The van der Waals surface area contributed by atoms with Crippen molar-refractivity contribution < 1.29 is 36.8 Å². The Morgan fingerprint density at radius 2 is 1.79 bits per heavy atom. The van der Waals surface area contributed by atoms with E-state index < -0.39 is 30.5 Å². The number of benzene rings is 2. The predicted octanol–water partition coefficient (Wildman–Crippen LogP) is 6.14. The van der Waals surface area contributed by atoms with Gasteiger partial charge in [0.05, 0.1) is 6.42 Å². The van der Waals surface area contributed by atoms with Gasteiger partial charge in [0, 0.05) is 31.0 Å². The van der Waals surface area contributed by atoms with Crippen LogP contribution in [0.25, 0.3) is 0 Å². The third-order valence-electron chi connectivity index (χ3n) is 6.88. The van der Waals surface area contributed by atoms with Gasteiger partial charge in [-0.15, -0.1) is 0 Å². The molecule has 1 atom stereocenters. The summed E-state index contributed by atoms with van der Waals surface area (Å²) in [4.78, 5) is 32.7. The molecule has 12 heteroatoms. The van der Waals surface area contributed by atoms with E-state index in [1.807, 2.05) is 24.3 Å². The lowest BCUT2D eigenvalue weighted by Crippen LogP contribution is -2.28. The highest BCUT2D eigenvalue weighted by molar-refractivity contribution is 5.88. The first-order valence-corrected chi connectivity index (χ1v) is 13.9. The number of hydrogen-bond donors (Lipinski definition) is 1. The summed E-state index contributed by atoms with van der Waals surface area (Å²) in [5.41, 5.74) is 2.73. The zero-order valence-electron chi connectivity index (χ0n) is 23.1. The molecule has 3 heterocycles. The predicted molar refractivity (Wildman–Crippen MR) is 149 cm³/mol. The molecular formula is C31H29F3N4O5. The normalized spacial score (nSPS) is 13.5. The van der Waals surface area contributed by atoms with Crippen molar-refractivity contribution in [2.45, 2.75) is 57.0 Å². The Morgan fingerprint density at radius 3 is 2.60 bits per heavy atom. The first-order chi connectivity index (χ1) is 20.7. The van der Waals surface area contributed by atoms with Gasteiger partial charge in [0.2, 0.25) is 5.89 Å². The van der Waals surface area contributed by atoms with Gasteiger partial charge in [0.25, 0.3) is 0 Å². The molecule has 1 aliphatic heterocycles. The molecule has 5 rings (SSSR count). The van der Waals surface area contributed by atoms with E-state index in [-0.39, 0.29) is 12.3 Å². The molecule has 9 nitrogen and oxygen atoms in total. The number of aryl methyl sites for hydroxylation is 3. The summed E-state index contributed by atoms with van der Waals surface area (Å²) in [5, 5.41) is 7.36. The molecule has 1 N–H and O–H groups in total. The fourth-order valence-corrected chi connectivity index (χ4v) is 4.79. The Morgan fingerprint density at radius 1 is 0.977 bits per heavy atom. The molecule has 4 aromatic rings. The number of carbonyl (C=O) groups is 2. The van der Waals surface area contributed by atoms with E-state index in [4.69, 9.17) is 14.2 Å². The summed E-state index contributed by atoms with van der Waals surface area (Å²) >= 11 is 0. The summed E-state index contributed by atoms with van der Waals surface area (Å²) in [7, 11) is 0. The average Bonchev–Trinajstić information content (AvgIpc) is 3.44. The van der Waals surface area contributed by atoms with Crippen molar-refractivity contribution in [3.63, 3.8) is 0 Å². The van der Waals surface area contributed by atoms with E-state index in [0.29, 0.717) is 29.3 Å². The average molecular weight is 595 g/mol. The van der Waals surface area contributed by atoms with Crippen LogP contribution in [0.15, 0.2) is 71.3 Å². The largest absolute Gasteiger partial charge is 0.491 e. The Labute approximate surface area is 245 Å². The number of aromatic nitrogens is 3. The van der Waals surface area contributed by atoms with Gasteiger partial charge in [-0.05, 0) is 67.1 Å². The third kappa shape index (κ3) is 8.40. The van der Waals surface area contributed by atoms with Crippen molar-refractivity contribution in [1.82, 2.24) is 15.1 Å². The maximum absolute atomic E-state index is 12.7. The number of fused-ring (bicyclic) bond motifs is 1. The Bertz CT molecular complexity index is 1560. The quantitative estimate of drug-likeness (QED) is 0.161. The molecule has 43 heavy (non-hydrogen) atoms. The Balaban J connectivity index is 1.25. The molecule has 0 spiro atoms. The number of alkyl halides is 3. The van der Waals surface area contributed by atoms with Crippen LogP contribution in [0.3, 0.4) is 0 Å². The topological polar surface area (TPSA) is 116 Å². The number of anilines is 1. The molecule has 0 aliphatic carbocycles. The summed E-state index contributed by atoms with van der Waals surface area (Å²) in [5.74, 6) is -2.02. The van der Waals surface area contributed by atoms with E-state index in [1.165, 1.54) is 5.56 Å². The second-order valence-corrected chi connectivity index (χ2v) is 10.2. The van der Waals surface area contributed by atoms with E-state index in [0.717, 1.165) is 43.7 Å². The lowest BCUT2D eigenvalue weighted by molar-refractivity contribution is -0.202. The van der Waals surface area contributed by atoms with Gasteiger partial charge < -0.3 is 19.3 Å². The van der Waals surface area contributed by atoms with Gasteiger partial charge in [-0.1, -0.05) is 41.6 Å². The van der Waals surface area contributed by atoms with Gasteiger partial charge in [-0.2, -0.15) is 18.2 Å². The molecule has 0 radical (unpaired) electrons. The number of rotatable bonds is 11. The van der Waals surface area contributed by atoms with Crippen molar-refractivity contribution in [1.29, 1.82) is 0 Å². The smallest absolute Gasteiger partial charge is 0.457 e. The molecule has 1 unspecified atom stereocenters. The highest BCUT2D eigenvalue weighted by Crippen LogP contribution is 2.30. The zero-order chi connectivity index (χ0) is 30.2. The van der Waals surface area contributed by atoms with Crippen molar-refractivity contribution in [3.05, 3.63) is 95.3 Å². The first kappa shape index (κ1) is 29.7. The minimum Gasteiger partial charge on any atom is -0.457 e. The van der Waals surface area contributed by atoms with Gasteiger partial charge in [0.1, 0.15) is 17.3 Å². The van der Waals surface area contributed by atoms with Crippen LogP contribution in [0.1, 0.15) is 53.7 Å². The molecule has 2 aromatic heterocycles. The summed E-state index contributed by atoms with van der Waals surface area (Å²) in [6.07, 6.45) is -1.74. The van der Waals surface area contributed by atoms with Crippen LogP contribution in [0.2, 0.25) is 0 Å². The van der Waals surface area contributed by atoms with Crippen LogP contribution < -0.4 is 10.1 Å². The number of halogens is 3. The second kappa shape index (κ2) is 13.5. The first-order valence-electron chi connectivity index (χ1n) is 13.9. The van der Waals surface area contributed by atoms with Crippen molar-refractivity contribution in [2.75, 3.05) is 11.9 Å². The molecule has 0 saturated carbocycles. The molecule has 0 bridgehead atoms. The Kier molecular flexibility index (Phi) is 9.33. The van der Waals surface area contributed by atoms with Crippen LogP contribution in [0.5, 0.6) is 11.5 Å². The fraction of sp³-hybridized carbons (Fsp3) is 0.323. The lowest BCUT2D eigenvalue weighted by Gasteiger charge is -2.17. The minimum absolute atomic E-state index is 0.0230. The van der Waals surface area contributed by atoms with Crippen LogP contribution in [0, 0.1) is 0 Å². The van der Waals surface area contributed by atoms with E-state index in [1.54, 1.807) is 36.4 Å². The van der Waals surface area contributed by atoms with Crippen LogP contribution in [-0.2, 0) is 40.0 Å². The van der Waals surface area contributed by atoms with Crippen LogP contribution in [-0.4, -0.2) is 39.8 Å². The van der Waals surface area contributed by atoms with Gasteiger partial charge in [-0.25, -0.2) is 9.78 Å². The second-order valence-electron chi connectivity index (χ2n) is 10.2. The van der Waals surface area contributed by atoms with E-state index >= 15 is 0 Å². The summed E-state index contributed by atoms with van der Waals surface area (Å²) in [6.45, 7) is 0.913. The molecule has 0 fully saturated rings. The highest BCUT2D eigenvalue weighted by Gasteiger charge is 2.42. The van der Waals surface area contributed by atoms with Gasteiger partial charge in [0.15, 0.2) is 5.82 Å². The van der Waals surface area contributed by atoms with Gasteiger partial charge >= 0.3 is 18.1 Å². The molecule has 2 aromatic carbocycles.